The van der Waals surface area contributed by atoms with E-state index in [1.807, 2.05) is 27.7 Å². The molecule has 3 amide bonds. The molecule has 0 spiro atoms. The van der Waals surface area contributed by atoms with Crippen LogP contribution in [0.25, 0.3) is 0 Å². The quantitative estimate of drug-likeness (QED) is 0.0510. The number of rotatable bonds is 33. The van der Waals surface area contributed by atoms with Crippen LogP contribution < -0.4 is 21.7 Å². The molecule has 0 radical (unpaired) electrons. The summed E-state index contributed by atoms with van der Waals surface area (Å²) in [5.41, 5.74) is 5.14. The second-order valence-corrected chi connectivity index (χ2v) is 17.5. The van der Waals surface area contributed by atoms with E-state index in [0.29, 0.717) is 65.3 Å². The highest BCUT2D eigenvalue weighted by atomic mass is 16.5. The van der Waals surface area contributed by atoms with Gasteiger partial charge in [-0.25, -0.2) is 0 Å². The van der Waals surface area contributed by atoms with Crippen molar-refractivity contribution in [3.63, 3.8) is 0 Å². The topological polar surface area (TPSA) is 132 Å². The first-order chi connectivity index (χ1) is 23.5. The number of carbonyl (C=O) groups excluding carboxylic acids is 3. The highest BCUT2D eigenvalue weighted by Crippen LogP contribution is 2.23. The van der Waals surface area contributed by atoms with Gasteiger partial charge in [0.1, 0.15) is 0 Å². The summed E-state index contributed by atoms with van der Waals surface area (Å²) < 4.78 is 12.0. The molecule has 0 aliphatic rings. The lowest BCUT2D eigenvalue weighted by molar-refractivity contribution is -0.125. The fourth-order valence-corrected chi connectivity index (χ4v) is 5.76. The minimum Gasteiger partial charge on any atom is -0.381 e. The minimum absolute atomic E-state index is 0.0107. The number of nitrogens with one attached hydrogen (secondary N) is 3. The second kappa shape index (κ2) is 27.9. The van der Waals surface area contributed by atoms with Crippen LogP contribution in [0.1, 0.15) is 171 Å². The maximum atomic E-state index is 12.8. The van der Waals surface area contributed by atoms with Crippen molar-refractivity contribution in [2.75, 3.05) is 46.1 Å². The average Bonchev–Trinajstić information content (AvgIpc) is 3.03. The number of unbranched alkanes of at least 4 members (excludes halogenated alkanes) is 12. The predicted molar refractivity (Wildman–Crippen MR) is 209 cm³/mol. The standard InChI is InChI=1S/C41H82N4O5/c1-10-12-13-14-15-16-17-18-19-20-21-22-23-25-36(46)44-29-40(6,7)32-50-33-41(8,9)30-45-37(47)26-39(4,5)31-49-28-34(3)27-43-38(48)35(42)24-11-2/h34-35H,10-33,42H2,1-9H3,(H,43,48)(H,44,46)(H,45,47). The SMILES string of the molecule is CCCCCCCCCCCCCCCC(=O)NCC(C)(C)COCC(C)(C)CNC(=O)CC(C)(C)COCC(C)CNC(=O)C(N)CCC. The van der Waals surface area contributed by atoms with E-state index in [1.54, 1.807) is 0 Å². The van der Waals surface area contributed by atoms with Gasteiger partial charge in [0.25, 0.3) is 0 Å². The lowest BCUT2D eigenvalue weighted by Gasteiger charge is -2.30. The molecule has 0 rings (SSSR count). The number of nitrogens with two attached hydrogens (primary N) is 1. The molecule has 2 atom stereocenters. The summed E-state index contributed by atoms with van der Waals surface area (Å²) >= 11 is 0. The van der Waals surface area contributed by atoms with E-state index < -0.39 is 6.04 Å². The molecule has 0 heterocycles. The summed E-state index contributed by atoms with van der Waals surface area (Å²) in [6, 6.07) is -0.461. The zero-order valence-corrected chi connectivity index (χ0v) is 34.2. The van der Waals surface area contributed by atoms with Gasteiger partial charge in [0.15, 0.2) is 0 Å². The Morgan fingerprint density at radius 1 is 0.600 bits per heavy atom. The van der Waals surface area contributed by atoms with Crippen LogP contribution in [0.5, 0.6) is 0 Å². The van der Waals surface area contributed by atoms with Crippen molar-refractivity contribution >= 4 is 17.7 Å². The van der Waals surface area contributed by atoms with Crippen LogP contribution in [0.3, 0.4) is 0 Å². The summed E-state index contributed by atoms with van der Waals surface area (Å²) in [6.07, 6.45) is 19.4. The van der Waals surface area contributed by atoms with E-state index in [1.165, 1.54) is 70.6 Å². The Kier molecular flexibility index (Phi) is 26.9. The molecule has 0 aliphatic heterocycles. The van der Waals surface area contributed by atoms with Crippen molar-refractivity contribution in [3.8, 4) is 0 Å². The fraction of sp³-hybridized carbons (Fsp3) is 0.927. The summed E-state index contributed by atoms with van der Waals surface area (Å²) in [5.74, 6) is 0.146. The first-order valence-corrected chi connectivity index (χ1v) is 20.2. The number of hydrogen-bond acceptors (Lipinski definition) is 6. The fourth-order valence-electron chi connectivity index (χ4n) is 5.76. The molecule has 0 aromatic rings. The van der Waals surface area contributed by atoms with Gasteiger partial charge in [-0.15, -0.1) is 0 Å². The van der Waals surface area contributed by atoms with Crippen molar-refractivity contribution in [1.29, 1.82) is 0 Å². The molecule has 50 heavy (non-hydrogen) atoms. The Morgan fingerprint density at radius 3 is 1.56 bits per heavy atom. The molecule has 0 fully saturated rings. The molecule has 9 nitrogen and oxygen atoms in total. The lowest BCUT2D eigenvalue weighted by atomic mass is 9.89. The minimum atomic E-state index is -0.461. The van der Waals surface area contributed by atoms with Crippen molar-refractivity contribution in [2.24, 2.45) is 27.9 Å². The van der Waals surface area contributed by atoms with Crippen LogP contribution in [0.2, 0.25) is 0 Å². The highest BCUT2D eigenvalue weighted by Gasteiger charge is 2.26. The van der Waals surface area contributed by atoms with Crippen LogP contribution in [0, 0.1) is 22.2 Å². The van der Waals surface area contributed by atoms with Gasteiger partial charge in [-0.3, -0.25) is 14.4 Å². The van der Waals surface area contributed by atoms with Crippen molar-refractivity contribution in [3.05, 3.63) is 0 Å². The van der Waals surface area contributed by atoms with E-state index in [4.69, 9.17) is 15.2 Å². The second-order valence-electron chi connectivity index (χ2n) is 17.5. The van der Waals surface area contributed by atoms with Gasteiger partial charge in [-0.05, 0) is 24.2 Å². The molecular formula is C41H82N4O5. The van der Waals surface area contributed by atoms with E-state index in [9.17, 15) is 14.4 Å². The number of ether oxygens (including phenoxy) is 2. The molecule has 0 aromatic heterocycles. The van der Waals surface area contributed by atoms with E-state index in [2.05, 4.69) is 50.6 Å². The monoisotopic (exact) mass is 711 g/mol. The maximum Gasteiger partial charge on any atom is 0.236 e. The number of hydrogen-bond donors (Lipinski definition) is 4. The third kappa shape index (κ3) is 28.9. The Bertz CT molecular complexity index is 892. The molecule has 5 N–H and O–H groups in total. The van der Waals surface area contributed by atoms with Crippen molar-refractivity contribution in [1.82, 2.24) is 16.0 Å². The normalized spacial score (nSPS) is 13.6. The molecule has 2 unspecified atom stereocenters. The third-order valence-electron chi connectivity index (χ3n) is 9.12. The number of amides is 3. The summed E-state index contributed by atoms with van der Waals surface area (Å²) in [4.78, 5) is 37.2. The Hall–Kier alpha value is -1.71. The maximum absolute atomic E-state index is 12.8. The highest BCUT2D eigenvalue weighted by molar-refractivity contribution is 5.81. The Labute approximate surface area is 308 Å². The third-order valence-corrected chi connectivity index (χ3v) is 9.12. The molecule has 0 saturated heterocycles. The van der Waals surface area contributed by atoms with E-state index in [0.717, 1.165) is 19.3 Å². The molecule has 0 aliphatic carbocycles. The van der Waals surface area contributed by atoms with Crippen LogP contribution >= 0.6 is 0 Å². The van der Waals surface area contributed by atoms with Crippen LogP contribution in [-0.2, 0) is 23.9 Å². The smallest absolute Gasteiger partial charge is 0.236 e. The van der Waals surface area contributed by atoms with Crippen LogP contribution in [0.15, 0.2) is 0 Å². The molecular weight excluding hydrogens is 628 g/mol. The molecule has 0 saturated carbocycles. The zero-order valence-electron chi connectivity index (χ0n) is 34.2. The average molecular weight is 711 g/mol. The van der Waals surface area contributed by atoms with Gasteiger partial charge in [0.2, 0.25) is 17.7 Å². The predicted octanol–water partition coefficient (Wildman–Crippen LogP) is 8.08. The molecule has 296 valence electrons. The number of carbonyl (C=O) groups is 3. The molecule has 0 aromatic carbocycles. The molecule has 9 heteroatoms. The first-order valence-electron chi connectivity index (χ1n) is 20.2. The van der Waals surface area contributed by atoms with Crippen LogP contribution in [-0.4, -0.2) is 69.8 Å². The molecule has 0 bridgehead atoms. The van der Waals surface area contributed by atoms with Gasteiger partial charge in [0.05, 0.1) is 32.5 Å². The van der Waals surface area contributed by atoms with E-state index in [-0.39, 0.29) is 39.9 Å². The van der Waals surface area contributed by atoms with Crippen molar-refractivity contribution in [2.45, 2.75) is 178 Å². The van der Waals surface area contributed by atoms with E-state index >= 15 is 0 Å². The first kappa shape index (κ1) is 48.3. The van der Waals surface area contributed by atoms with Gasteiger partial charge in [-0.2, -0.15) is 0 Å². The Balaban J connectivity index is 4.07. The van der Waals surface area contributed by atoms with Gasteiger partial charge in [0, 0.05) is 43.3 Å². The summed E-state index contributed by atoms with van der Waals surface area (Å²) in [5, 5.41) is 9.08. The largest absolute Gasteiger partial charge is 0.381 e. The van der Waals surface area contributed by atoms with Gasteiger partial charge >= 0.3 is 0 Å². The summed E-state index contributed by atoms with van der Waals surface area (Å²) in [7, 11) is 0. The van der Waals surface area contributed by atoms with Crippen LogP contribution in [0.4, 0.5) is 0 Å². The lowest BCUT2D eigenvalue weighted by Crippen LogP contribution is -2.42. The van der Waals surface area contributed by atoms with Crippen molar-refractivity contribution < 1.29 is 23.9 Å². The Morgan fingerprint density at radius 2 is 1.06 bits per heavy atom. The van der Waals surface area contributed by atoms with Gasteiger partial charge < -0.3 is 31.2 Å². The van der Waals surface area contributed by atoms with Gasteiger partial charge in [-0.1, -0.05) is 146 Å². The summed E-state index contributed by atoms with van der Waals surface area (Å²) in [6.45, 7) is 22.3. The zero-order chi connectivity index (χ0) is 37.9.